The lowest BCUT2D eigenvalue weighted by atomic mass is 9.88. The van der Waals surface area contributed by atoms with Crippen LogP contribution in [0.2, 0.25) is 0 Å². The Balaban J connectivity index is 2.28. The van der Waals surface area contributed by atoms with Crippen molar-refractivity contribution in [3.63, 3.8) is 0 Å². The molecule has 0 spiro atoms. The molecule has 18 heavy (non-hydrogen) atoms. The van der Waals surface area contributed by atoms with Crippen LogP contribution in [0.15, 0.2) is 18.2 Å². The molecule has 0 bridgehead atoms. The molecular weight excluding hydrogens is 228 g/mol. The zero-order valence-corrected chi connectivity index (χ0v) is 11.6. The van der Waals surface area contributed by atoms with Crippen molar-refractivity contribution in [3.05, 3.63) is 23.8 Å². The van der Waals surface area contributed by atoms with Crippen molar-refractivity contribution in [1.29, 1.82) is 0 Å². The normalized spacial score (nSPS) is 16.8. The average Bonchev–Trinajstić information content (AvgIpc) is 2.37. The van der Waals surface area contributed by atoms with E-state index in [0.717, 1.165) is 17.1 Å². The fraction of sp³-hybridized carbons (Fsp3) is 0.571. The SMILES string of the molecule is CN(C)C(C)(C)C(N)c1ccc2c(c1)OCCO2. The summed E-state index contributed by atoms with van der Waals surface area (Å²) in [4.78, 5) is 2.13. The van der Waals surface area contributed by atoms with Gasteiger partial charge in [0.25, 0.3) is 0 Å². The van der Waals surface area contributed by atoms with Crippen LogP contribution in [0.1, 0.15) is 25.5 Å². The lowest BCUT2D eigenvalue weighted by molar-refractivity contribution is 0.156. The molecule has 100 valence electrons. The first-order chi connectivity index (χ1) is 8.43. The third-order valence-electron chi connectivity index (χ3n) is 3.84. The molecular formula is C14H22N2O2. The van der Waals surface area contributed by atoms with Gasteiger partial charge in [0.1, 0.15) is 13.2 Å². The summed E-state index contributed by atoms with van der Waals surface area (Å²) in [6.45, 7) is 5.48. The summed E-state index contributed by atoms with van der Waals surface area (Å²) >= 11 is 0. The van der Waals surface area contributed by atoms with E-state index in [9.17, 15) is 0 Å². The quantitative estimate of drug-likeness (QED) is 0.888. The number of benzene rings is 1. The minimum absolute atomic E-state index is 0.0803. The summed E-state index contributed by atoms with van der Waals surface area (Å²) in [5.74, 6) is 1.60. The second kappa shape index (κ2) is 4.78. The number of rotatable bonds is 3. The number of hydrogen-bond acceptors (Lipinski definition) is 4. The smallest absolute Gasteiger partial charge is 0.161 e. The highest BCUT2D eigenvalue weighted by atomic mass is 16.6. The van der Waals surface area contributed by atoms with Crippen LogP contribution in [-0.2, 0) is 0 Å². The van der Waals surface area contributed by atoms with Crippen molar-refractivity contribution in [2.75, 3.05) is 27.3 Å². The molecule has 1 aromatic rings. The molecule has 0 fully saturated rings. The van der Waals surface area contributed by atoms with E-state index < -0.39 is 0 Å². The molecule has 1 aliphatic heterocycles. The van der Waals surface area contributed by atoms with Crippen molar-refractivity contribution < 1.29 is 9.47 Å². The van der Waals surface area contributed by atoms with E-state index in [-0.39, 0.29) is 11.6 Å². The van der Waals surface area contributed by atoms with Gasteiger partial charge in [0.15, 0.2) is 11.5 Å². The lowest BCUT2D eigenvalue weighted by Gasteiger charge is -2.38. The second-order valence-electron chi connectivity index (χ2n) is 5.43. The standard InChI is InChI=1S/C14H22N2O2/c1-14(2,16(3)4)13(15)10-5-6-11-12(9-10)18-8-7-17-11/h5-6,9,13H,7-8,15H2,1-4H3. The lowest BCUT2D eigenvalue weighted by Crippen LogP contribution is -2.47. The predicted octanol–water partition coefficient (Wildman–Crippen LogP) is 1.80. The van der Waals surface area contributed by atoms with Gasteiger partial charge in [-0.1, -0.05) is 6.07 Å². The third kappa shape index (κ3) is 2.31. The van der Waals surface area contributed by atoms with Gasteiger partial charge in [-0.15, -0.1) is 0 Å². The third-order valence-corrected chi connectivity index (χ3v) is 3.84. The molecule has 1 atom stereocenters. The number of ether oxygens (including phenoxy) is 2. The van der Waals surface area contributed by atoms with Gasteiger partial charge in [-0.2, -0.15) is 0 Å². The van der Waals surface area contributed by atoms with Gasteiger partial charge >= 0.3 is 0 Å². The van der Waals surface area contributed by atoms with Gasteiger partial charge in [-0.05, 0) is 45.6 Å². The highest BCUT2D eigenvalue weighted by Crippen LogP contribution is 2.35. The summed E-state index contributed by atoms with van der Waals surface area (Å²) in [7, 11) is 4.08. The zero-order chi connectivity index (χ0) is 13.3. The Kier molecular flexibility index (Phi) is 3.50. The van der Waals surface area contributed by atoms with Crippen molar-refractivity contribution in [1.82, 2.24) is 4.90 Å². The summed E-state index contributed by atoms with van der Waals surface area (Å²) in [5.41, 5.74) is 7.32. The largest absolute Gasteiger partial charge is 0.486 e. The van der Waals surface area contributed by atoms with Crippen molar-refractivity contribution in [2.24, 2.45) is 5.73 Å². The van der Waals surface area contributed by atoms with Crippen LogP contribution in [0, 0.1) is 0 Å². The molecule has 0 saturated carbocycles. The number of hydrogen-bond donors (Lipinski definition) is 1. The molecule has 0 saturated heterocycles. The first-order valence-electron chi connectivity index (χ1n) is 6.25. The molecule has 2 rings (SSSR count). The van der Waals surface area contributed by atoms with Crippen molar-refractivity contribution in [3.8, 4) is 11.5 Å². The zero-order valence-electron chi connectivity index (χ0n) is 11.6. The molecule has 1 heterocycles. The van der Waals surface area contributed by atoms with Gasteiger partial charge in [-0.3, -0.25) is 0 Å². The van der Waals surface area contributed by atoms with Gasteiger partial charge in [0.05, 0.1) is 0 Å². The maximum Gasteiger partial charge on any atom is 0.161 e. The van der Waals surface area contributed by atoms with E-state index in [0.29, 0.717) is 13.2 Å². The Morgan fingerprint density at radius 1 is 1.17 bits per heavy atom. The number of fused-ring (bicyclic) bond motifs is 1. The maximum atomic E-state index is 6.37. The average molecular weight is 250 g/mol. The van der Waals surface area contributed by atoms with E-state index in [1.807, 2.05) is 32.3 Å². The summed E-state index contributed by atoms with van der Waals surface area (Å²) in [6, 6.07) is 5.87. The van der Waals surface area contributed by atoms with Gasteiger partial charge in [0.2, 0.25) is 0 Å². The van der Waals surface area contributed by atoms with Crippen LogP contribution >= 0.6 is 0 Å². The number of likely N-dealkylation sites (N-methyl/N-ethyl adjacent to an activating group) is 1. The van der Waals surface area contributed by atoms with Crippen LogP contribution in [0.3, 0.4) is 0 Å². The van der Waals surface area contributed by atoms with Gasteiger partial charge in [0, 0.05) is 11.6 Å². The fourth-order valence-corrected chi connectivity index (χ4v) is 1.94. The Morgan fingerprint density at radius 2 is 1.78 bits per heavy atom. The van der Waals surface area contributed by atoms with Crippen molar-refractivity contribution in [2.45, 2.75) is 25.4 Å². The summed E-state index contributed by atoms with van der Waals surface area (Å²) in [5, 5.41) is 0. The molecule has 2 N–H and O–H groups in total. The topological polar surface area (TPSA) is 47.7 Å². The van der Waals surface area contributed by atoms with E-state index in [1.54, 1.807) is 0 Å². The molecule has 1 unspecified atom stereocenters. The van der Waals surface area contributed by atoms with E-state index in [2.05, 4.69) is 18.7 Å². The molecule has 0 amide bonds. The maximum absolute atomic E-state index is 6.37. The number of nitrogens with two attached hydrogens (primary N) is 1. The molecule has 1 aromatic carbocycles. The Labute approximate surface area is 109 Å². The van der Waals surface area contributed by atoms with E-state index >= 15 is 0 Å². The van der Waals surface area contributed by atoms with Crippen LogP contribution in [0.5, 0.6) is 11.5 Å². The van der Waals surface area contributed by atoms with Crippen LogP contribution < -0.4 is 15.2 Å². The summed E-state index contributed by atoms with van der Waals surface area (Å²) in [6.07, 6.45) is 0. The van der Waals surface area contributed by atoms with Crippen LogP contribution in [0.4, 0.5) is 0 Å². The molecule has 0 aliphatic carbocycles. The highest BCUT2D eigenvalue weighted by Gasteiger charge is 2.30. The summed E-state index contributed by atoms with van der Waals surface area (Å²) < 4.78 is 11.1. The first-order valence-corrected chi connectivity index (χ1v) is 6.25. The molecule has 0 aromatic heterocycles. The number of nitrogens with zero attached hydrogens (tertiary/aromatic N) is 1. The van der Waals surface area contributed by atoms with E-state index in [1.165, 1.54) is 0 Å². The van der Waals surface area contributed by atoms with E-state index in [4.69, 9.17) is 15.2 Å². The van der Waals surface area contributed by atoms with Crippen LogP contribution in [-0.4, -0.2) is 37.7 Å². The van der Waals surface area contributed by atoms with Gasteiger partial charge in [-0.25, -0.2) is 0 Å². The predicted molar refractivity (Wildman–Crippen MR) is 72.1 cm³/mol. The van der Waals surface area contributed by atoms with Crippen molar-refractivity contribution >= 4 is 0 Å². The monoisotopic (exact) mass is 250 g/mol. The Bertz CT molecular complexity index is 430. The molecule has 1 aliphatic rings. The highest BCUT2D eigenvalue weighted by molar-refractivity contribution is 5.45. The molecule has 4 nitrogen and oxygen atoms in total. The van der Waals surface area contributed by atoms with Gasteiger partial charge < -0.3 is 20.1 Å². The molecule has 4 heteroatoms. The Morgan fingerprint density at radius 3 is 2.39 bits per heavy atom. The fourth-order valence-electron chi connectivity index (χ4n) is 1.94. The van der Waals surface area contributed by atoms with Crippen LogP contribution in [0.25, 0.3) is 0 Å². The minimum Gasteiger partial charge on any atom is -0.486 e. The Hall–Kier alpha value is -1.26. The molecule has 0 radical (unpaired) electrons. The minimum atomic E-state index is -0.121. The first kappa shape index (κ1) is 13.2. The second-order valence-corrected chi connectivity index (χ2v) is 5.43.